The number of rotatable bonds is 4. The molecular weight excluding hydrogens is 327 g/mol. The van der Waals surface area contributed by atoms with Crippen molar-refractivity contribution in [3.05, 3.63) is 66.3 Å². The van der Waals surface area contributed by atoms with E-state index in [4.69, 9.17) is 0 Å². The lowest BCUT2D eigenvalue weighted by molar-refractivity contribution is -0.0435. The molecule has 0 heterocycles. The molecule has 0 saturated heterocycles. The molecular formula is C16H12F3NO2S. The molecule has 0 amide bonds. The standard InChI is InChI=1S/C16H12F3NO2S/c17-16(18,19)23(21,22)20-12-6-2-4-8-14-11-10-13-7-3-1-5-9-15(13)14/h1-12H. The van der Waals surface area contributed by atoms with Crippen LogP contribution < -0.4 is 0 Å². The van der Waals surface area contributed by atoms with Crippen LogP contribution in [0.15, 0.2) is 65.1 Å². The minimum absolute atomic E-state index is 0.594. The lowest BCUT2D eigenvalue weighted by Gasteiger charge is -2.00. The van der Waals surface area contributed by atoms with Crippen LogP contribution >= 0.6 is 0 Å². The topological polar surface area (TPSA) is 46.5 Å². The Balaban J connectivity index is 2.05. The van der Waals surface area contributed by atoms with E-state index in [9.17, 15) is 21.6 Å². The van der Waals surface area contributed by atoms with Gasteiger partial charge in [0.25, 0.3) is 0 Å². The van der Waals surface area contributed by atoms with Crippen LogP contribution in [0.2, 0.25) is 0 Å². The van der Waals surface area contributed by atoms with Crippen LogP contribution in [0, 0.1) is 0 Å². The van der Waals surface area contributed by atoms with Gasteiger partial charge in [0, 0.05) is 6.21 Å². The first-order valence-corrected chi connectivity index (χ1v) is 7.93. The van der Waals surface area contributed by atoms with E-state index in [0.29, 0.717) is 6.21 Å². The fourth-order valence-corrected chi connectivity index (χ4v) is 2.18. The van der Waals surface area contributed by atoms with Crippen molar-refractivity contribution < 1.29 is 21.6 Å². The number of hydrogen-bond acceptors (Lipinski definition) is 2. The van der Waals surface area contributed by atoms with Crippen molar-refractivity contribution in [2.45, 2.75) is 5.51 Å². The van der Waals surface area contributed by atoms with Gasteiger partial charge in [0.05, 0.1) is 0 Å². The summed E-state index contributed by atoms with van der Waals surface area (Å²) < 4.78 is 60.0. The van der Waals surface area contributed by atoms with Crippen LogP contribution in [-0.4, -0.2) is 20.1 Å². The summed E-state index contributed by atoms with van der Waals surface area (Å²) in [6, 6.07) is 13.5. The minimum Gasteiger partial charge on any atom is -0.195 e. The third-order valence-corrected chi connectivity index (χ3v) is 3.89. The highest BCUT2D eigenvalue weighted by Crippen LogP contribution is 2.27. The van der Waals surface area contributed by atoms with E-state index in [0.717, 1.165) is 22.8 Å². The zero-order chi connectivity index (χ0) is 16.9. The van der Waals surface area contributed by atoms with Crippen molar-refractivity contribution in [1.29, 1.82) is 0 Å². The number of alkyl halides is 3. The molecule has 120 valence electrons. The number of allylic oxidation sites excluding steroid dienone is 3. The Kier molecular flexibility index (Phi) is 5.00. The molecule has 0 aromatic rings. The Bertz CT molecular complexity index is 837. The number of sulfonamides is 1. The lowest BCUT2D eigenvalue weighted by Crippen LogP contribution is -2.20. The number of nitrogens with zero attached hydrogens (tertiary/aromatic N) is 1. The van der Waals surface area contributed by atoms with E-state index >= 15 is 0 Å². The van der Waals surface area contributed by atoms with Crippen molar-refractivity contribution >= 4 is 22.3 Å². The molecule has 0 bridgehead atoms. The summed E-state index contributed by atoms with van der Waals surface area (Å²) in [6.07, 6.45) is 6.47. The summed E-state index contributed by atoms with van der Waals surface area (Å²) in [5.41, 5.74) is -2.33. The van der Waals surface area contributed by atoms with Gasteiger partial charge in [0.2, 0.25) is 0 Å². The van der Waals surface area contributed by atoms with Crippen molar-refractivity contribution in [2.24, 2.45) is 4.40 Å². The highest BCUT2D eigenvalue weighted by Gasteiger charge is 2.45. The highest BCUT2D eigenvalue weighted by molar-refractivity contribution is 7.91. The van der Waals surface area contributed by atoms with Crippen LogP contribution in [0.25, 0.3) is 17.2 Å². The first-order valence-electron chi connectivity index (χ1n) is 6.49. The quantitative estimate of drug-likeness (QED) is 0.616. The number of hydrogen-bond donors (Lipinski definition) is 0. The zero-order valence-electron chi connectivity index (χ0n) is 11.7. The smallest absolute Gasteiger partial charge is 0.195 e. The molecule has 3 nitrogen and oxygen atoms in total. The maximum absolute atomic E-state index is 12.0. The van der Waals surface area contributed by atoms with Gasteiger partial charge in [-0.05, 0) is 22.8 Å². The van der Waals surface area contributed by atoms with Gasteiger partial charge in [-0.2, -0.15) is 26.0 Å². The largest absolute Gasteiger partial charge is 0.518 e. The molecule has 0 unspecified atom stereocenters. The molecule has 2 rings (SSSR count). The first kappa shape index (κ1) is 17.0. The second kappa shape index (κ2) is 6.78. The van der Waals surface area contributed by atoms with Crippen LogP contribution in [0.4, 0.5) is 13.2 Å². The molecule has 0 atom stereocenters. The normalized spacial score (nSPS) is 13.7. The van der Waals surface area contributed by atoms with E-state index in [1.165, 1.54) is 6.08 Å². The molecule has 23 heavy (non-hydrogen) atoms. The Morgan fingerprint density at radius 3 is 2.39 bits per heavy atom. The van der Waals surface area contributed by atoms with Crippen LogP contribution in [0.5, 0.6) is 0 Å². The molecule has 0 aromatic heterocycles. The molecule has 0 radical (unpaired) electrons. The molecule has 2 aliphatic carbocycles. The third-order valence-electron chi connectivity index (χ3n) is 2.90. The molecule has 0 N–H and O–H groups in total. The van der Waals surface area contributed by atoms with Crippen molar-refractivity contribution in [3.8, 4) is 11.1 Å². The first-order chi connectivity index (χ1) is 10.8. The summed E-state index contributed by atoms with van der Waals surface area (Å²) >= 11 is 0. The minimum atomic E-state index is -5.47. The second-order valence-electron chi connectivity index (χ2n) is 4.49. The highest BCUT2D eigenvalue weighted by atomic mass is 32.2. The molecule has 0 aliphatic heterocycles. The van der Waals surface area contributed by atoms with Gasteiger partial charge in [-0.1, -0.05) is 60.7 Å². The predicted molar refractivity (Wildman–Crippen MR) is 84.7 cm³/mol. The van der Waals surface area contributed by atoms with Crippen LogP contribution in [0.3, 0.4) is 0 Å². The van der Waals surface area contributed by atoms with Gasteiger partial charge in [-0.15, -0.1) is 0 Å². The number of fused-ring (bicyclic) bond motifs is 1. The Hall–Kier alpha value is -2.41. The summed E-state index contributed by atoms with van der Waals surface area (Å²) in [5, 5.41) is 0. The monoisotopic (exact) mass is 339 g/mol. The van der Waals surface area contributed by atoms with Crippen molar-refractivity contribution in [1.82, 2.24) is 0 Å². The van der Waals surface area contributed by atoms with E-state index in [1.54, 1.807) is 12.2 Å². The van der Waals surface area contributed by atoms with Gasteiger partial charge in [0.1, 0.15) is 0 Å². The van der Waals surface area contributed by atoms with Gasteiger partial charge >= 0.3 is 15.5 Å². The molecule has 0 aromatic carbocycles. The van der Waals surface area contributed by atoms with Crippen LogP contribution in [0.1, 0.15) is 5.56 Å². The average Bonchev–Trinajstić information content (AvgIpc) is 2.69. The average molecular weight is 339 g/mol. The van der Waals surface area contributed by atoms with E-state index in [-0.39, 0.29) is 0 Å². The van der Waals surface area contributed by atoms with E-state index in [1.807, 2.05) is 42.5 Å². The van der Waals surface area contributed by atoms with E-state index in [2.05, 4.69) is 4.40 Å². The zero-order valence-corrected chi connectivity index (χ0v) is 12.6. The Morgan fingerprint density at radius 1 is 0.913 bits per heavy atom. The van der Waals surface area contributed by atoms with Gasteiger partial charge < -0.3 is 0 Å². The fourth-order valence-electron chi connectivity index (χ4n) is 1.83. The molecule has 7 heteroatoms. The van der Waals surface area contributed by atoms with Crippen molar-refractivity contribution in [2.75, 3.05) is 0 Å². The van der Waals surface area contributed by atoms with Crippen LogP contribution in [-0.2, 0) is 10.0 Å². The summed E-state index contributed by atoms with van der Waals surface area (Å²) in [7, 11) is -5.47. The SMILES string of the molecule is O=S(=O)(N=CC=CC=Cc1ccc2cccccc1-2)C(F)(F)F. The molecule has 0 spiro atoms. The maximum atomic E-state index is 12.0. The van der Waals surface area contributed by atoms with Crippen molar-refractivity contribution in [3.63, 3.8) is 0 Å². The van der Waals surface area contributed by atoms with Gasteiger partial charge in [0.15, 0.2) is 0 Å². The Morgan fingerprint density at radius 2 is 1.65 bits per heavy atom. The molecule has 2 aliphatic rings. The summed E-state index contributed by atoms with van der Waals surface area (Å²) in [5.74, 6) is 0. The fraction of sp³-hybridized carbons (Fsp3) is 0.0625. The number of halogens is 3. The molecule has 0 saturated carbocycles. The Labute approximate surface area is 131 Å². The summed E-state index contributed by atoms with van der Waals surface area (Å²) in [6.45, 7) is 0. The lowest BCUT2D eigenvalue weighted by atomic mass is 10.1. The van der Waals surface area contributed by atoms with E-state index < -0.39 is 15.5 Å². The third kappa shape index (κ3) is 4.29. The molecule has 0 fully saturated rings. The summed E-state index contributed by atoms with van der Waals surface area (Å²) in [4.78, 5) is 0. The van der Waals surface area contributed by atoms with Gasteiger partial charge in [-0.25, -0.2) is 0 Å². The second-order valence-corrected chi connectivity index (χ2v) is 6.11. The predicted octanol–water partition coefficient (Wildman–Crippen LogP) is 4.28. The maximum Gasteiger partial charge on any atom is 0.518 e. The van der Waals surface area contributed by atoms with Gasteiger partial charge in [-0.3, -0.25) is 0 Å².